The summed E-state index contributed by atoms with van der Waals surface area (Å²) in [4.78, 5) is 26.8. The van der Waals surface area contributed by atoms with Gasteiger partial charge in [-0.2, -0.15) is 0 Å². The summed E-state index contributed by atoms with van der Waals surface area (Å²) in [5.74, 6) is 1.07. The number of aryl methyl sites for hydroxylation is 2. The van der Waals surface area contributed by atoms with Crippen LogP contribution in [0.15, 0.2) is 24.3 Å². The van der Waals surface area contributed by atoms with Crippen LogP contribution in [0.25, 0.3) is 0 Å². The Hall–Kier alpha value is -2.31. The van der Waals surface area contributed by atoms with E-state index in [1.165, 1.54) is 11.1 Å². The lowest BCUT2D eigenvalue weighted by Gasteiger charge is -2.35. The number of aliphatic hydroxyl groups excluding tert-OH is 1. The summed E-state index contributed by atoms with van der Waals surface area (Å²) in [6, 6.07) is 8.48. The summed E-state index contributed by atoms with van der Waals surface area (Å²) in [5, 5.41) is 9.12. The minimum absolute atomic E-state index is 0.156. The van der Waals surface area contributed by atoms with Gasteiger partial charge in [0.2, 0.25) is 5.95 Å². The number of benzene rings is 1. The van der Waals surface area contributed by atoms with Crippen molar-refractivity contribution in [3.63, 3.8) is 0 Å². The molecule has 1 aromatic heterocycles. The van der Waals surface area contributed by atoms with Crippen LogP contribution in [0.1, 0.15) is 45.2 Å². The van der Waals surface area contributed by atoms with Gasteiger partial charge < -0.3 is 10.0 Å². The first kappa shape index (κ1) is 19.0. The molecule has 1 saturated heterocycles. The lowest BCUT2D eigenvalue weighted by Crippen LogP contribution is -2.48. The fourth-order valence-electron chi connectivity index (χ4n) is 4.29. The van der Waals surface area contributed by atoms with Crippen LogP contribution in [0, 0.1) is 13.8 Å². The molecule has 2 heterocycles. The summed E-state index contributed by atoms with van der Waals surface area (Å²) in [6.45, 7) is 8.38. The molecule has 0 unspecified atom stereocenters. The molecule has 2 aliphatic rings. The first-order chi connectivity index (χ1) is 13.5. The summed E-state index contributed by atoms with van der Waals surface area (Å²) in [5.41, 5.74) is 4.85. The van der Waals surface area contributed by atoms with Crippen molar-refractivity contribution in [1.82, 2.24) is 14.9 Å². The van der Waals surface area contributed by atoms with Crippen molar-refractivity contribution in [1.29, 1.82) is 0 Å². The van der Waals surface area contributed by atoms with E-state index in [1.807, 2.05) is 6.92 Å². The van der Waals surface area contributed by atoms with Crippen molar-refractivity contribution in [2.45, 2.75) is 32.6 Å². The van der Waals surface area contributed by atoms with Crippen molar-refractivity contribution in [2.75, 3.05) is 44.2 Å². The van der Waals surface area contributed by atoms with Crippen LogP contribution >= 0.6 is 0 Å². The summed E-state index contributed by atoms with van der Waals surface area (Å²) in [7, 11) is 0. The highest BCUT2D eigenvalue weighted by molar-refractivity contribution is 5.99. The Morgan fingerprint density at radius 2 is 1.75 bits per heavy atom. The molecule has 4 rings (SSSR count). The van der Waals surface area contributed by atoms with Gasteiger partial charge >= 0.3 is 0 Å². The van der Waals surface area contributed by atoms with Crippen molar-refractivity contribution in [3.05, 3.63) is 52.3 Å². The summed E-state index contributed by atoms with van der Waals surface area (Å²) >= 11 is 0. The van der Waals surface area contributed by atoms with E-state index in [-0.39, 0.29) is 18.3 Å². The predicted molar refractivity (Wildman–Crippen MR) is 109 cm³/mol. The third-order valence-corrected chi connectivity index (χ3v) is 5.92. The zero-order valence-corrected chi connectivity index (χ0v) is 16.7. The number of piperazine rings is 1. The fourth-order valence-corrected chi connectivity index (χ4v) is 4.29. The average Bonchev–Trinajstić information content (AvgIpc) is 2.68. The predicted octanol–water partition coefficient (Wildman–Crippen LogP) is 2.12. The topological polar surface area (TPSA) is 69.6 Å². The van der Waals surface area contributed by atoms with Gasteiger partial charge in [0, 0.05) is 39.1 Å². The molecule has 148 valence electrons. The second-order valence-corrected chi connectivity index (χ2v) is 7.92. The number of nitrogens with zero attached hydrogens (tertiary/aromatic N) is 4. The fraction of sp³-hybridized carbons (Fsp3) is 0.500. The van der Waals surface area contributed by atoms with E-state index in [0.29, 0.717) is 13.0 Å². The van der Waals surface area contributed by atoms with Gasteiger partial charge in [-0.1, -0.05) is 29.8 Å². The summed E-state index contributed by atoms with van der Waals surface area (Å²) in [6.07, 6.45) is 1.31. The number of anilines is 1. The average molecular weight is 380 g/mol. The molecule has 1 aliphatic carbocycles. The molecule has 1 aromatic carbocycles. The van der Waals surface area contributed by atoms with E-state index in [2.05, 4.69) is 46.0 Å². The van der Waals surface area contributed by atoms with Gasteiger partial charge in [0.25, 0.3) is 0 Å². The van der Waals surface area contributed by atoms with Crippen molar-refractivity contribution < 1.29 is 9.90 Å². The van der Waals surface area contributed by atoms with Gasteiger partial charge in [0.15, 0.2) is 5.78 Å². The number of aliphatic hydroxyl groups is 1. The van der Waals surface area contributed by atoms with Crippen LogP contribution in [0.3, 0.4) is 0 Å². The molecule has 6 nitrogen and oxygen atoms in total. The molecular formula is C22H28N4O2. The highest BCUT2D eigenvalue weighted by Gasteiger charge is 2.31. The number of aromatic nitrogens is 2. The second kappa shape index (κ2) is 7.97. The van der Waals surface area contributed by atoms with Crippen molar-refractivity contribution in [2.24, 2.45) is 0 Å². The number of Topliss-reactive ketones (excluding diaryl/α,β-unsaturated/α-hetero) is 1. The van der Waals surface area contributed by atoms with Crippen LogP contribution < -0.4 is 4.90 Å². The normalized spacial score (nSPS) is 20.3. The number of β-amino-alcohol motifs (C(OH)–C–C–N with tert-alkyl or cyclic N) is 1. The highest BCUT2D eigenvalue weighted by Crippen LogP contribution is 2.34. The smallest absolute Gasteiger partial charge is 0.225 e. The maximum atomic E-state index is 12.8. The first-order valence-electron chi connectivity index (χ1n) is 10.1. The number of hydrogen-bond acceptors (Lipinski definition) is 6. The molecule has 0 radical (unpaired) electrons. The second-order valence-electron chi connectivity index (χ2n) is 7.92. The Morgan fingerprint density at radius 3 is 2.43 bits per heavy atom. The molecule has 0 amide bonds. The number of rotatable bonds is 4. The Balaban J connectivity index is 1.57. The zero-order valence-electron chi connectivity index (χ0n) is 16.7. The molecule has 28 heavy (non-hydrogen) atoms. The molecule has 0 bridgehead atoms. The third-order valence-electron chi connectivity index (χ3n) is 5.92. The minimum Gasteiger partial charge on any atom is -0.395 e. The minimum atomic E-state index is 0.156. The Bertz CT molecular complexity index is 858. The lowest BCUT2D eigenvalue weighted by atomic mass is 9.81. The standard InChI is InChI=1S/C22H28N4O2/c1-15-3-5-17(6-4-15)18-13-19-21(20(28)14-18)16(2)23-22(24-19)26-9-7-25(8-10-26)11-12-27/h3-6,18,27H,7-14H2,1-2H3/t18-/m0/s1. The van der Waals surface area contributed by atoms with Gasteiger partial charge in [-0.05, 0) is 31.7 Å². The molecule has 1 aliphatic heterocycles. The van der Waals surface area contributed by atoms with Crippen LogP contribution in [-0.4, -0.2) is 65.1 Å². The van der Waals surface area contributed by atoms with Crippen LogP contribution in [0.4, 0.5) is 5.95 Å². The van der Waals surface area contributed by atoms with E-state index in [9.17, 15) is 4.79 Å². The van der Waals surface area contributed by atoms with Crippen LogP contribution in [-0.2, 0) is 6.42 Å². The van der Waals surface area contributed by atoms with Crippen LogP contribution in [0.5, 0.6) is 0 Å². The first-order valence-corrected chi connectivity index (χ1v) is 10.1. The summed E-state index contributed by atoms with van der Waals surface area (Å²) < 4.78 is 0. The monoisotopic (exact) mass is 380 g/mol. The Labute approximate surface area is 166 Å². The van der Waals surface area contributed by atoms with Gasteiger partial charge in [-0.25, -0.2) is 9.97 Å². The zero-order chi connectivity index (χ0) is 19.7. The molecule has 1 fully saturated rings. The van der Waals surface area contributed by atoms with Gasteiger partial charge in [0.05, 0.1) is 23.6 Å². The number of carbonyl (C=O) groups excluding carboxylic acids is 1. The molecule has 2 aromatic rings. The molecule has 6 heteroatoms. The molecular weight excluding hydrogens is 352 g/mol. The van der Waals surface area contributed by atoms with Crippen molar-refractivity contribution in [3.8, 4) is 0 Å². The number of fused-ring (bicyclic) bond motifs is 1. The quantitative estimate of drug-likeness (QED) is 0.876. The van der Waals surface area contributed by atoms with Gasteiger partial charge in [-0.15, -0.1) is 0 Å². The van der Waals surface area contributed by atoms with E-state index in [4.69, 9.17) is 10.1 Å². The largest absolute Gasteiger partial charge is 0.395 e. The SMILES string of the molecule is Cc1ccc([C@@H]2CC(=O)c3c(C)nc(N4CCN(CCO)CC4)nc3C2)cc1. The third kappa shape index (κ3) is 3.80. The van der Waals surface area contributed by atoms with E-state index >= 15 is 0 Å². The van der Waals surface area contributed by atoms with Gasteiger partial charge in [0.1, 0.15) is 0 Å². The molecule has 1 atom stereocenters. The Kier molecular flexibility index (Phi) is 5.42. The van der Waals surface area contributed by atoms with Crippen molar-refractivity contribution >= 4 is 11.7 Å². The van der Waals surface area contributed by atoms with E-state index < -0.39 is 0 Å². The van der Waals surface area contributed by atoms with Crippen LogP contribution in [0.2, 0.25) is 0 Å². The Morgan fingerprint density at radius 1 is 1.04 bits per heavy atom. The molecule has 0 spiro atoms. The number of ketones is 1. The number of hydrogen-bond donors (Lipinski definition) is 1. The molecule has 0 saturated carbocycles. The maximum absolute atomic E-state index is 12.8. The van der Waals surface area contributed by atoms with E-state index in [0.717, 1.165) is 55.5 Å². The number of carbonyl (C=O) groups is 1. The molecule has 1 N–H and O–H groups in total. The van der Waals surface area contributed by atoms with E-state index in [1.54, 1.807) is 0 Å². The highest BCUT2D eigenvalue weighted by atomic mass is 16.3. The lowest BCUT2D eigenvalue weighted by molar-refractivity contribution is 0.0962. The maximum Gasteiger partial charge on any atom is 0.225 e. The van der Waals surface area contributed by atoms with Gasteiger partial charge in [-0.3, -0.25) is 9.69 Å².